The van der Waals surface area contributed by atoms with Crippen LogP contribution in [0.1, 0.15) is 5.56 Å². The summed E-state index contributed by atoms with van der Waals surface area (Å²) in [5, 5.41) is 1.85. The van der Waals surface area contributed by atoms with Gasteiger partial charge in [-0.15, -0.1) is 5.53 Å². The average molecular weight is 301 g/mol. The number of nitrogens with one attached hydrogen (secondary N) is 2. The van der Waals surface area contributed by atoms with Gasteiger partial charge in [-0.1, -0.05) is 30.3 Å². The third-order valence-corrected chi connectivity index (χ3v) is 3.60. The lowest BCUT2D eigenvalue weighted by atomic mass is 10.1. The van der Waals surface area contributed by atoms with Gasteiger partial charge in [0.25, 0.3) is 0 Å². The van der Waals surface area contributed by atoms with Crippen LogP contribution in [0, 0.1) is 0 Å². The van der Waals surface area contributed by atoms with E-state index >= 15 is 0 Å². The number of pyridine rings is 2. The number of aromatic nitrogens is 2. The molecule has 0 radical (unpaired) electrons. The van der Waals surface area contributed by atoms with E-state index in [9.17, 15) is 0 Å². The first-order chi connectivity index (χ1) is 11.4. The van der Waals surface area contributed by atoms with Crippen molar-refractivity contribution >= 4 is 11.5 Å². The van der Waals surface area contributed by atoms with Gasteiger partial charge < -0.3 is 5.43 Å². The van der Waals surface area contributed by atoms with E-state index in [1.165, 1.54) is 0 Å². The number of nitrogens with zero attached hydrogens (tertiary/aromatic N) is 3. The zero-order chi connectivity index (χ0) is 15.5. The van der Waals surface area contributed by atoms with Crippen LogP contribution in [0.5, 0.6) is 0 Å². The normalized spacial score (nSPS) is 13.6. The first-order valence-corrected chi connectivity index (χ1v) is 7.36. The first-order valence-electron chi connectivity index (χ1n) is 7.36. The predicted molar refractivity (Wildman–Crippen MR) is 90.6 cm³/mol. The summed E-state index contributed by atoms with van der Waals surface area (Å²) in [5.74, 6) is 0.830. The lowest BCUT2D eigenvalue weighted by molar-refractivity contribution is 0.681. The average Bonchev–Trinajstić information content (AvgIpc) is 3.14. The smallest absolute Gasteiger partial charge is 0.148 e. The maximum Gasteiger partial charge on any atom is 0.148 e. The molecule has 3 heterocycles. The number of hydrazine groups is 2. The summed E-state index contributed by atoms with van der Waals surface area (Å²) < 4.78 is 0. The van der Waals surface area contributed by atoms with Crippen molar-refractivity contribution in [3.8, 4) is 11.3 Å². The molecule has 0 saturated heterocycles. The van der Waals surface area contributed by atoms with E-state index in [2.05, 4.69) is 39.1 Å². The van der Waals surface area contributed by atoms with Crippen LogP contribution >= 0.6 is 0 Å². The molecule has 2 N–H and O–H groups in total. The second-order valence-electron chi connectivity index (χ2n) is 5.13. The zero-order valence-electron chi connectivity index (χ0n) is 12.3. The molecular formula is C18H15N5. The van der Waals surface area contributed by atoms with Crippen LogP contribution in [-0.2, 0) is 0 Å². The Hall–Kier alpha value is -3.18. The van der Waals surface area contributed by atoms with Gasteiger partial charge in [0, 0.05) is 23.5 Å². The molecule has 0 unspecified atom stereocenters. The summed E-state index contributed by atoms with van der Waals surface area (Å²) in [6, 6.07) is 20.0. The van der Waals surface area contributed by atoms with Crippen LogP contribution < -0.4 is 16.0 Å². The lowest BCUT2D eigenvalue weighted by Crippen LogP contribution is -2.36. The van der Waals surface area contributed by atoms with Gasteiger partial charge in [0.15, 0.2) is 0 Å². The van der Waals surface area contributed by atoms with Crippen molar-refractivity contribution in [3.05, 3.63) is 84.8 Å². The maximum absolute atomic E-state index is 4.40. The van der Waals surface area contributed by atoms with Gasteiger partial charge >= 0.3 is 0 Å². The molecule has 0 saturated carbocycles. The van der Waals surface area contributed by atoms with Gasteiger partial charge in [0.1, 0.15) is 5.82 Å². The molecule has 0 atom stereocenters. The van der Waals surface area contributed by atoms with Crippen LogP contribution in [0.15, 0.2) is 79.3 Å². The zero-order valence-corrected chi connectivity index (χ0v) is 12.3. The summed E-state index contributed by atoms with van der Waals surface area (Å²) in [6.45, 7) is 0. The highest BCUT2D eigenvalue weighted by Gasteiger charge is 2.15. The van der Waals surface area contributed by atoms with E-state index in [4.69, 9.17) is 0 Å². The van der Waals surface area contributed by atoms with Crippen molar-refractivity contribution in [1.82, 2.24) is 20.9 Å². The summed E-state index contributed by atoms with van der Waals surface area (Å²) in [5.41, 5.74) is 10.4. The van der Waals surface area contributed by atoms with Crippen molar-refractivity contribution in [2.24, 2.45) is 0 Å². The van der Waals surface area contributed by atoms with E-state index in [1.807, 2.05) is 53.7 Å². The predicted octanol–water partition coefficient (Wildman–Crippen LogP) is 2.97. The summed E-state index contributed by atoms with van der Waals surface area (Å²) in [4.78, 5) is 8.73. The highest BCUT2D eigenvalue weighted by atomic mass is 15.7. The molecule has 0 aliphatic carbocycles. The minimum absolute atomic E-state index is 0.830. The van der Waals surface area contributed by atoms with Gasteiger partial charge in [-0.25, -0.2) is 9.99 Å². The summed E-state index contributed by atoms with van der Waals surface area (Å²) in [7, 11) is 0. The van der Waals surface area contributed by atoms with Crippen molar-refractivity contribution < 1.29 is 0 Å². The quantitative estimate of drug-likeness (QED) is 0.779. The number of benzene rings is 1. The minimum Gasteiger partial charge on any atom is -0.301 e. The molecule has 5 heteroatoms. The molecule has 23 heavy (non-hydrogen) atoms. The van der Waals surface area contributed by atoms with Crippen LogP contribution in [0.25, 0.3) is 17.0 Å². The Morgan fingerprint density at radius 2 is 1.61 bits per heavy atom. The van der Waals surface area contributed by atoms with Gasteiger partial charge in [-0.2, -0.15) is 0 Å². The molecule has 1 aromatic carbocycles. The maximum atomic E-state index is 4.40. The molecular weight excluding hydrogens is 286 g/mol. The van der Waals surface area contributed by atoms with Gasteiger partial charge in [-0.05, 0) is 30.3 Å². The van der Waals surface area contributed by atoms with Crippen LogP contribution in [0.3, 0.4) is 0 Å². The SMILES string of the molecule is C1=C(c2cccc(-c3ccccn3)c2)NNN1c1ccccn1. The highest BCUT2D eigenvalue weighted by molar-refractivity contribution is 5.73. The Balaban J connectivity index is 1.64. The van der Waals surface area contributed by atoms with Crippen molar-refractivity contribution in [3.63, 3.8) is 0 Å². The summed E-state index contributed by atoms with van der Waals surface area (Å²) >= 11 is 0. The fourth-order valence-corrected chi connectivity index (χ4v) is 2.46. The van der Waals surface area contributed by atoms with Gasteiger partial charge in [0.2, 0.25) is 0 Å². The molecule has 0 fully saturated rings. The van der Waals surface area contributed by atoms with Crippen molar-refractivity contribution in [2.75, 3.05) is 5.01 Å². The van der Waals surface area contributed by atoms with Crippen molar-refractivity contribution in [1.29, 1.82) is 0 Å². The van der Waals surface area contributed by atoms with Crippen LogP contribution in [0.4, 0.5) is 5.82 Å². The monoisotopic (exact) mass is 301 g/mol. The van der Waals surface area contributed by atoms with E-state index in [0.29, 0.717) is 0 Å². The molecule has 0 amide bonds. The first kappa shape index (κ1) is 13.5. The Kier molecular flexibility index (Phi) is 3.46. The molecule has 3 aromatic rings. The van der Waals surface area contributed by atoms with E-state index < -0.39 is 0 Å². The fourth-order valence-electron chi connectivity index (χ4n) is 2.46. The van der Waals surface area contributed by atoms with Crippen molar-refractivity contribution in [2.45, 2.75) is 0 Å². The standard InChI is InChI=1S/C18H15N5/c1-3-10-19-16(8-1)14-6-5-7-15(12-14)17-13-23(22-21-17)18-9-2-4-11-20-18/h1-13,21-22H. The number of hydrogen-bond acceptors (Lipinski definition) is 5. The number of rotatable bonds is 3. The second-order valence-corrected chi connectivity index (χ2v) is 5.13. The molecule has 1 aliphatic heterocycles. The highest BCUT2D eigenvalue weighted by Crippen LogP contribution is 2.23. The molecule has 4 rings (SSSR count). The number of anilines is 1. The minimum atomic E-state index is 0.830. The van der Waals surface area contributed by atoms with E-state index in [0.717, 1.165) is 28.3 Å². The van der Waals surface area contributed by atoms with Crippen LogP contribution in [-0.4, -0.2) is 9.97 Å². The Morgan fingerprint density at radius 1 is 0.783 bits per heavy atom. The van der Waals surface area contributed by atoms with Gasteiger partial charge in [-0.3, -0.25) is 4.98 Å². The molecule has 1 aliphatic rings. The summed E-state index contributed by atoms with van der Waals surface area (Å²) in [6.07, 6.45) is 5.56. The van der Waals surface area contributed by atoms with Crippen LogP contribution in [0.2, 0.25) is 0 Å². The lowest BCUT2D eigenvalue weighted by Gasteiger charge is -2.12. The third kappa shape index (κ3) is 2.77. The molecule has 112 valence electrons. The largest absolute Gasteiger partial charge is 0.301 e. The van der Waals surface area contributed by atoms with E-state index in [-0.39, 0.29) is 0 Å². The molecule has 5 nitrogen and oxygen atoms in total. The molecule has 0 spiro atoms. The molecule has 0 bridgehead atoms. The topological polar surface area (TPSA) is 53.1 Å². The Bertz CT molecular complexity index is 830. The fraction of sp³-hybridized carbons (Fsp3) is 0. The Labute approximate surface area is 134 Å². The third-order valence-electron chi connectivity index (χ3n) is 3.60. The second kappa shape index (κ2) is 5.90. The Morgan fingerprint density at radius 3 is 2.39 bits per heavy atom. The van der Waals surface area contributed by atoms with E-state index in [1.54, 1.807) is 12.4 Å². The van der Waals surface area contributed by atoms with Gasteiger partial charge in [0.05, 0.1) is 17.6 Å². The molecule has 2 aromatic heterocycles. The number of hydrogen-bond donors (Lipinski definition) is 2.